The molecular formula is C16H20N4O. The van der Waals surface area contributed by atoms with Crippen molar-refractivity contribution >= 4 is 5.69 Å². The van der Waals surface area contributed by atoms with E-state index in [1.54, 1.807) is 18.2 Å². The number of nitrogens with two attached hydrogens (primary N) is 1. The molecule has 0 aliphatic heterocycles. The number of phenols is 1. The Labute approximate surface area is 124 Å². The summed E-state index contributed by atoms with van der Waals surface area (Å²) in [6.45, 7) is 1.30. The minimum atomic E-state index is 0.228. The molecule has 1 saturated carbocycles. The molecule has 0 atom stereocenters. The predicted molar refractivity (Wildman–Crippen MR) is 83.3 cm³/mol. The summed E-state index contributed by atoms with van der Waals surface area (Å²) in [7, 11) is 0. The Bertz CT molecular complexity index is 625. The van der Waals surface area contributed by atoms with E-state index in [1.165, 1.54) is 19.3 Å². The minimum Gasteiger partial charge on any atom is -0.508 e. The highest BCUT2D eigenvalue weighted by Gasteiger charge is 2.24. The van der Waals surface area contributed by atoms with Gasteiger partial charge < -0.3 is 16.2 Å². The van der Waals surface area contributed by atoms with Gasteiger partial charge in [-0.05, 0) is 25.0 Å². The molecule has 5 heteroatoms. The zero-order valence-electron chi connectivity index (χ0n) is 11.9. The molecule has 0 amide bonds. The number of aromatic nitrogens is 2. The second kappa shape index (κ2) is 6.10. The molecule has 5 nitrogen and oxygen atoms in total. The number of hydrogen-bond acceptors (Lipinski definition) is 5. The first-order valence-electron chi connectivity index (χ1n) is 7.38. The summed E-state index contributed by atoms with van der Waals surface area (Å²) in [6, 6.07) is 7.05. The molecule has 1 aromatic carbocycles. The molecule has 1 aliphatic rings. The third kappa shape index (κ3) is 2.97. The molecule has 0 radical (unpaired) electrons. The first kappa shape index (κ1) is 13.8. The molecule has 3 rings (SSSR count). The summed E-state index contributed by atoms with van der Waals surface area (Å²) in [5.74, 6) is 1.39. The molecule has 1 fully saturated rings. The van der Waals surface area contributed by atoms with E-state index in [1.807, 2.05) is 12.3 Å². The molecule has 4 N–H and O–H groups in total. The van der Waals surface area contributed by atoms with Gasteiger partial charge in [0.1, 0.15) is 5.75 Å². The van der Waals surface area contributed by atoms with Gasteiger partial charge in [0.05, 0.1) is 17.6 Å². The van der Waals surface area contributed by atoms with E-state index in [0.717, 1.165) is 16.9 Å². The van der Waals surface area contributed by atoms with Crippen LogP contribution in [0.1, 0.15) is 30.9 Å². The Kier molecular flexibility index (Phi) is 4.01. The number of benzene rings is 1. The van der Waals surface area contributed by atoms with Crippen LogP contribution < -0.4 is 11.1 Å². The summed E-state index contributed by atoms with van der Waals surface area (Å²) < 4.78 is 0. The molecule has 1 heterocycles. The van der Waals surface area contributed by atoms with Gasteiger partial charge in [0, 0.05) is 24.6 Å². The van der Waals surface area contributed by atoms with E-state index in [-0.39, 0.29) is 5.75 Å². The van der Waals surface area contributed by atoms with Crippen LogP contribution in [-0.2, 0) is 0 Å². The van der Waals surface area contributed by atoms with Gasteiger partial charge in [-0.3, -0.25) is 0 Å². The molecule has 0 unspecified atom stereocenters. The van der Waals surface area contributed by atoms with Crippen LogP contribution in [0.25, 0.3) is 11.4 Å². The largest absolute Gasteiger partial charge is 0.508 e. The lowest BCUT2D eigenvalue weighted by Gasteiger charge is -2.27. The van der Waals surface area contributed by atoms with Crippen molar-refractivity contribution in [1.29, 1.82) is 0 Å². The van der Waals surface area contributed by atoms with Crippen LogP contribution in [0.4, 0.5) is 5.69 Å². The van der Waals surface area contributed by atoms with E-state index >= 15 is 0 Å². The molecular weight excluding hydrogens is 264 g/mol. The van der Waals surface area contributed by atoms with Gasteiger partial charge in [0.15, 0.2) is 5.82 Å². The topological polar surface area (TPSA) is 84.1 Å². The Balaban J connectivity index is 1.95. The highest BCUT2D eigenvalue weighted by Crippen LogP contribution is 2.39. The summed E-state index contributed by atoms with van der Waals surface area (Å²) in [6.07, 6.45) is 5.43. The van der Waals surface area contributed by atoms with Gasteiger partial charge in [0.2, 0.25) is 0 Å². The summed E-state index contributed by atoms with van der Waals surface area (Å²) in [5.41, 5.74) is 8.44. The van der Waals surface area contributed by atoms with Crippen molar-refractivity contribution in [2.24, 2.45) is 5.73 Å². The van der Waals surface area contributed by atoms with Crippen molar-refractivity contribution < 1.29 is 5.11 Å². The number of phenolic OH excluding ortho intramolecular Hbond substituents is 1. The number of nitrogens with one attached hydrogen (secondary N) is 1. The second-order valence-electron chi connectivity index (χ2n) is 5.39. The zero-order valence-corrected chi connectivity index (χ0v) is 11.9. The standard InChI is InChI=1S/C16H20N4O/c17-7-8-18-14-10-19-16(12-5-2-6-13(21)9-12)20-15(14)11-3-1-4-11/h2,5-6,9-11,18,21H,1,3-4,7-8,17H2. The van der Waals surface area contributed by atoms with Gasteiger partial charge in [-0.2, -0.15) is 0 Å². The van der Waals surface area contributed by atoms with Crippen molar-refractivity contribution in [3.8, 4) is 17.1 Å². The van der Waals surface area contributed by atoms with Crippen molar-refractivity contribution in [1.82, 2.24) is 9.97 Å². The van der Waals surface area contributed by atoms with Gasteiger partial charge >= 0.3 is 0 Å². The normalized spacial score (nSPS) is 14.7. The first-order valence-corrected chi connectivity index (χ1v) is 7.38. The van der Waals surface area contributed by atoms with Crippen LogP contribution in [-0.4, -0.2) is 28.2 Å². The third-order valence-electron chi connectivity index (χ3n) is 3.87. The average Bonchev–Trinajstić information content (AvgIpc) is 2.44. The Hall–Kier alpha value is -2.14. The van der Waals surface area contributed by atoms with Crippen LogP contribution in [0.15, 0.2) is 30.5 Å². The summed E-state index contributed by atoms with van der Waals surface area (Å²) in [5, 5.41) is 12.9. The van der Waals surface area contributed by atoms with E-state index in [9.17, 15) is 5.11 Å². The van der Waals surface area contributed by atoms with Gasteiger partial charge in [-0.25, -0.2) is 9.97 Å². The van der Waals surface area contributed by atoms with Crippen molar-refractivity contribution in [2.45, 2.75) is 25.2 Å². The van der Waals surface area contributed by atoms with E-state index in [2.05, 4.69) is 10.3 Å². The summed E-state index contributed by atoms with van der Waals surface area (Å²) >= 11 is 0. The molecule has 1 aromatic heterocycles. The van der Waals surface area contributed by atoms with Crippen LogP contribution >= 0.6 is 0 Å². The predicted octanol–water partition coefficient (Wildman–Crippen LogP) is 2.49. The fourth-order valence-corrected chi connectivity index (χ4v) is 2.52. The average molecular weight is 284 g/mol. The molecule has 0 saturated heterocycles. The lowest BCUT2D eigenvalue weighted by atomic mass is 9.82. The SMILES string of the molecule is NCCNc1cnc(-c2cccc(O)c2)nc1C1CCC1. The quantitative estimate of drug-likeness (QED) is 0.785. The van der Waals surface area contributed by atoms with Crippen LogP contribution in [0, 0.1) is 0 Å². The lowest BCUT2D eigenvalue weighted by molar-refractivity contribution is 0.412. The lowest BCUT2D eigenvalue weighted by Crippen LogP contribution is -2.18. The first-order chi connectivity index (χ1) is 10.3. The van der Waals surface area contributed by atoms with E-state index in [4.69, 9.17) is 10.7 Å². The van der Waals surface area contributed by atoms with E-state index < -0.39 is 0 Å². The summed E-state index contributed by atoms with van der Waals surface area (Å²) in [4.78, 5) is 9.15. The maximum absolute atomic E-state index is 9.60. The molecule has 2 aromatic rings. The molecule has 0 bridgehead atoms. The fraction of sp³-hybridized carbons (Fsp3) is 0.375. The zero-order chi connectivity index (χ0) is 14.7. The Morgan fingerprint density at radius 3 is 2.86 bits per heavy atom. The highest BCUT2D eigenvalue weighted by molar-refractivity contribution is 5.60. The highest BCUT2D eigenvalue weighted by atomic mass is 16.3. The van der Waals surface area contributed by atoms with Crippen molar-refractivity contribution in [3.05, 3.63) is 36.2 Å². The number of hydrogen-bond donors (Lipinski definition) is 3. The Morgan fingerprint density at radius 2 is 2.19 bits per heavy atom. The Morgan fingerprint density at radius 1 is 1.33 bits per heavy atom. The number of nitrogens with zero attached hydrogens (tertiary/aromatic N) is 2. The van der Waals surface area contributed by atoms with Gasteiger partial charge in [-0.15, -0.1) is 0 Å². The molecule has 1 aliphatic carbocycles. The molecule has 21 heavy (non-hydrogen) atoms. The van der Waals surface area contributed by atoms with Crippen molar-refractivity contribution in [2.75, 3.05) is 18.4 Å². The second-order valence-corrected chi connectivity index (χ2v) is 5.39. The smallest absolute Gasteiger partial charge is 0.159 e. The molecule has 0 spiro atoms. The van der Waals surface area contributed by atoms with Crippen LogP contribution in [0.5, 0.6) is 5.75 Å². The van der Waals surface area contributed by atoms with E-state index in [0.29, 0.717) is 24.8 Å². The minimum absolute atomic E-state index is 0.228. The van der Waals surface area contributed by atoms with Crippen LogP contribution in [0.2, 0.25) is 0 Å². The van der Waals surface area contributed by atoms with Gasteiger partial charge in [0.25, 0.3) is 0 Å². The fourth-order valence-electron chi connectivity index (χ4n) is 2.52. The monoisotopic (exact) mass is 284 g/mol. The maximum atomic E-state index is 9.60. The van der Waals surface area contributed by atoms with Crippen LogP contribution in [0.3, 0.4) is 0 Å². The third-order valence-corrected chi connectivity index (χ3v) is 3.87. The molecule has 110 valence electrons. The number of aromatic hydroxyl groups is 1. The maximum Gasteiger partial charge on any atom is 0.159 e. The van der Waals surface area contributed by atoms with Gasteiger partial charge in [-0.1, -0.05) is 18.6 Å². The number of anilines is 1. The van der Waals surface area contributed by atoms with Crippen molar-refractivity contribution in [3.63, 3.8) is 0 Å². The number of rotatable bonds is 5.